The van der Waals surface area contributed by atoms with Gasteiger partial charge in [0.1, 0.15) is 10.1 Å². The minimum absolute atomic E-state index is 0.0350. The molecular formula is C20H16BrN3O4S2. The number of carbonyl (C=O) groups excluding carboxylic acids is 3. The van der Waals surface area contributed by atoms with Crippen LogP contribution in [-0.2, 0) is 9.59 Å². The maximum Gasteiger partial charge on any atom is 0.273 e. The summed E-state index contributed by atoms with van der Waals surface area (Å²) in [6, 6.07) is 13.5. The number of aromatic hydroxyl groups is 1. The third-order valence-corrected chi connectivity index (χ3v) is 5.97. The average molecular weight is 506 g/mol. The van der Waals surface area contributed by atoms with Crippen molar-refractivity contribution in [2.24, 2.45) is 0 Å². The Morgan fingerprint density at radius 1 is 1.13 bits per heavy atom. The van der Waals surface area contributed by atoms with E-state index >= 15 is 0 Å². The fraction of sp³-hybridized carbons (Fsp3) is 0.100. The highest BCUT2D eigenvalue weighted by atomic mass is 79.9. The molecule has 0 aliphatic carbocycles. The summed E-state index contributed by atoms with van der Waals surface area (Å²) in [5.74, 6) is -1.60. The van der Waals surface area contributed by atoms with E-state index in [0.717, 1.165) is 10.0 Å². The molecule has 0 saturated carbocycles. The lowest BCUT2D eigenvalue weighted by Gasteiger charge is -2.14. The molecule has 1 fully saturated rings. The number of thiocarbonyl (C=S) groups is 1. The Bertz CT molecular complexity index is 1040. The van der Waals surface area contributed by atoms with Crippen molar-refractivity contribution < 1.29 is 19.5 Å². The average Bonchev–Trinajstić information content (AvgIpc) is 2.99. The van der Waals surface area contributed by atoms with Crippen LogP contribution in [0.2, 0.25) is 0 Å². The molecule has 0 radical (unpaired) electrons. The first-order valence-electron chi connectivity index (χ1n) is 8.73. The number of hydrogen-bond acceptors (Lipinski definition) is 6. The Labute approximate surface area is 190 Å². The molecular weight excluding hydrogens is 490 g/mol. The van der Waals surface area contributed by atoms with Gasteiger partial charge in [-0.1, -0.05) is 64.2 Å². The smallest absolute Gasteiger partial charge is 0.273 e. The van der Waals surface area contributed by atoms with Crippen molar-refractivity contribution >= 4 is 68.0 Å². The van der Waals surface area contributed by atoms with Gasteiger partial charge >= 0.3 is 0 Å². The van der Waals surface area contributed by atoms with E-state index in [9.17, 15) is 19.5 Å². The zero-order valence-corrected chi connectivity index (χ0v) is 18.6. The molecule has 7 nitrogen and oxygen atoms in total. The summed E-state index contributed by atoms with van der Waals surface area (Å²) in [5, 5.41) is 9.65. The fourth-order valence-corrected chi connectivity index (χ4v) is 4.11. The van der Waals surface area contributed by atoms with Gasteiger partial charge in [0.2, 0.25) is 5.91 Å². The molecule has 154 valence electrons. The van der Waals surface area contributed by atoms with Crippen LogP contribution in [0.4, 0.5) is 0 Å². The molecule has 0 atom stereocenters. The van der Waals surface area contributed by atoms with Gasteiger partial charge in [0, 0.05) is 17.4 Å². The van der Waals surface area contributed by atoms with Gasteiger partial charge in [-0.15, -0.1) is 0 Å². The molecule has 0 bridgehead atoms. The number of hydrogen-bond donors (Lipinski definition) is 3. The second kappa shape index (κ2) is 9.88. The van der Waals surface area contributed by atoms with E-state index in [0.29, 0.717) is 9.23 Å². The van der Waals surface area contributed by atoms with E-state index in [1.807, 2.05) is 24.3 Å². The number of nitrogens with one attached hydrogen (secondary N) is 2. The summed E-state index contributed by atoms with van der Waals surface area (Å²) in [6.07, 6.45) is 1.69. The number of carbonyl (C=O) groups is 3. The molecule has 1 aliphatic heterocycles. The van der Waals surface area contributed by atoms with Crippen LogP contribution >= 0.6 is 39.9 Å². The quantitative estimate of drug-likeness (QED) is 0.327. The van der Waals surface area contributed by atoms with Crippen molar-refractivity contribution in [1.29, 1.82) is 0 Å². The SMILES string of the molecule is O=C(CCN1C(=O)/C(=C/c2ccc(Br)cc2)SC1=S)NNC(=O)c1ccccc1O. The van der Waals surface area contributed by atoms with Crippen molar-refractivity contribution in [3.63, 3.8) is 0 Å². The lowest BCUT2D eigenvalue weighted by Crippen LogP contribution is -2.43. The van der Waals surface area contributed by atoms with Crippen molar-refractivity contribution in [1.82, 2.24) is 15.8 Å². The van der Waals surface area contributed by atoms with Gasteiger partial charge in [-0.25, -0.2) is 0 Å². The molecule has 3 N–H and O–H groups in total. The van der Waals surface area contributed by atoms with Crippen LogP contribution in [0.5, 0.6) is 5.75 Å². The predicted molar refractivity (Wildman–Crippen MR) is 122 cm³/mol. The Kier molecular flexibility index (Phi) is 7.24. The zero-order valence-electron chi connectivity index (χ0n) is 15.4. The van der Waals surface area contributed by atoms with Crippen molar-refractivity contribution in [2.75, 3.05) is 6.54 Å². The van der Waals surface area contributed by atoms with E-state index in [4.69, 9.17) is 12.2 Å². The first-order chi connectivity index (χ1) is 14.3. The third kappa shape index (κ3) is 5.47. The molecule has 2 aromatic rings. The lowest BCUT2D eigenvalue weighted by molar-refractivity contribution is -0.124. The molecule has 0 aromatic heterocycles. The standard InChI is InChI=1S/C20H16BrN3O4S2/c21-13-7-5-12(6-8-13)11-16-19(28)24(20(29)30-16)10-9-17(26)22-23-18(27)14-3-1-2-4-15(14)25/h1-8,11,25H,9-10H2,(H,22,26)(H,23,27)/b16-11-. The largest absolute Gasteiger partial charge is 0.507 e. The van der Waals surface area contributed by atoms with Gasteiger partial charge in [0.15, 0.2) is 0 Å². The first-order valence-corrected chi connectivity index (χ1v) is 10.7. The molecule has 10 heteroatoms. The van der Waals surface area contributed by atoms with Crippen molar-refractivity contribution in [3.05, 3.63) is 69.0 Å². The maximum atomic E-state index is 12.6. The number of para-hydroxylation sites is 1. The Morgan fingerprint density at radius 2 is 1.83 bits per heavy atom. The van der Waals surface area contributed by atoms with Crippen LogP contribution in [0.25, 0.3) is 6.08 Å². The van der Waals surface area contributed by atoms with Crippen LogP contribution in [-0.4, -0.2) is 38.6 Å². The monoisotopic (exact) mass is 505 g/mol. The molecule has 1 heterocycles. The molecule has 3 rings (SSSR count). The van der Waals surface area contributed by atoms with Crippen LogP contribution in [0.3, 0.4) is 0 Å². The molecule has 0 spiro atoms. The van der Waals surface area contributed by atoms with E-state index in [-0.39, 0.29) is 30.2 Å². The predicted octanol–water partition coefficient (Wildman–Crippen LogP) is 3.21. The summed E-state index contributed by atoms with van der Waals surface area (Å²) in [4.78, 5) is 38.5. The van der Waals surface area contributed by atoms with Crippen LogP contribution in [0.1, 0.15) is 22.3 Å². The lowest BCUT2D eigenvalue weighted by atomic mass is 10.2. The molecule has 0 unspecified atom stereocenters. The summed E-state index contributed by atoms with van der Waals surface area (Å²) in [6.45, 7) is 0.0840. The molecule has 1 saturated heterocycles. The first kappa shape index (κ1) is 22.0. The maximum absolute atomic E-state index is 12.6. The Balaban J connectivity index is 1.52. The molecule has 2 aromatic carbocycles. The van der Waals surface area contributed by atoms with Gasteiger partial charge in [-0.2, -0.15) is 0 Å². The third-order valence-electron chi connectivity index (χ3n) is 4.07. The normalized spacial score (nSPS) is 14.8. The highest BCUT2D eigenvalue weighted by Gasteiger charge is 2.32. The van der Waals surface area contributed by atoms with Crippen LogP contribution < -0.4 is 10.9 Å². The number of hydrazine groups is 1. The minimum atomic E-state index is -0.649. The number of nitrogens with zero attached hydrogens (tertiary/aromatic N) is 1. The summed E-state index contributed by atoms with van der Waals surface area (Å²) >= 11 is 9.80. The molecule has 3 amide bonds. The molecule has 30 heavy (non-hydrogen) atoms. The van der Waals surface area contributed by atoms with E-state index in [1.54, 1.807) is 18.2 Å². The van der Waals surface area contributed by atoms with E-state index < -0.39 is 11.8 Å². The van der Waals surface area contributed by atoms with Crippen molar-refractivity contribution in [2.45, 2.75) is 6.42 Å². The number of thioether (sulfide) groups is 1. The highest BCUT2D eigenvalue weighted by Crippen LogP contribution is 2.32. The number of phenolic OH excluding ortho intramolecular Hbond substituents is 1. The van der Waals surface area contributed by atoms with Gasteiger partial charge in [-0.05, 0) is 35.9 Å². The summed E-state index contributed by atoms with van der Waals surface area (Å²) in [7, 11) is 0. The van der Waals surface area contributed by atoms with Crippen LogP contribution in [0.15, 0.2) is 57.9 Å². The fourth-order valence-electron chi connectivity index (χ4n) is 2.54. The number of phenols is 1. The number of benzene rings is 2. The number of halogens is 1. The van der Waals surface area contributed by atoms with Gasteiger partial charge in [0.25, 0.3) is 11.8 Å². The van der Waals surface area contributed by atoms with Gasteiger partial charge < -0.3 is 5.11 Å². The zero-order chi connectivity index (χ0) is 21.7. The highest BCUT2D eigenvalue weighted by molar-refractivity contribution is 9.10. The van der Waals surface area contributed by atoms with Gasteiger partial charge in [-0.3, -0.25) is 30.1 Å². The van der Waals surface area contributed by atoms with Crippen LogP contribution in [0, 0.1) is 0 Å². The van der Waals surface area contributed by atoms with Gasteiger partial charge in [0.05, 0.1) is 10.5 Å². The Morgan fingerprint density at radius 3 is 2.53 bits per heavy atom. The number of rotatable bonds is 5. The Hall–Kier alpha value is -2.69. The van der Waals surface area contributed by atoms with Crippen molar-refractivity contribution in [3.8, 4) is 5.75 Å². The summed E-state index contributed by atoms with van der Waals surface area (Å²) < 4.78 is 1.31. The van der Waals surface area contributed by atoms with E-state index in [2.05, 4.69) is 26.8 Å². The second-order valence-corrected chi connectivity index (χ2v) is 8.75. The topological polar surface area (TPSA) is 98.7 Å². The minimum Gasteiger partial charge on any atom is -0.507 e. The summed E-state index contributed by atoms with van der Waals surface area (Å²) in [5.41, 5.74) is 5.39. The number of amides is 3. The second-order valence-electron chi connectivity index (χ2n) is 6.15. The molecule has 1 aliphatic rings. The van der Waals surface area contributed by atoms with E-state index in [1.165, 1.54) is 28.8 Å².